The molecule has 0 rings (SSSR count). The fourth-order valence-electron chi connectivity index (χ4n) is 0.397. The minimum Gasteiger partial charge on any atom is -0.508 e. The van der Waals surface area contributed by atoms with Crippen LogP contribution in [0.2, 0.25) is 0 Å². The van der Waals surface area contributed by atoms with E-state index in [2.05, 4.69) is 0 Å². The zero-order valence-electron chi connectivity index (χ0n) is 5.57. The lowest BCUT2D eigenvalue weighted by Crippen LogP contribution is -2.05. The zero-order chi connectivity index (χ0) is 8.20. The summed E-state index contributed by atoms with van der Waals surface area (Å²) in [6.45, 7) is 1.97. The molecule has 0 unspecified atom stereocenters. The maximum Gasteiger partial charge on any atom is 0.246 e. The van der Waals surface area contributed by atoms with Crippen molar-refractivity contribution in [3.63, 3.8) is 0 Å². The predicted octanol–water partition coefficient (Wildman–Crippen LogP) is 3.60. The first-order valence-electron chi connectivity index (χ1n) is 2.94. The summed E-state index contributed by atoms with van der Waals surface area (Å²) in [5.41, 5.74) is 0. The van der Waals surface area contributed by atoms with Crippen molar-refractivity contribution in [1.82, 2.24) is 0 Å². The van der Waals surface area contributed by atoms with Gasteiger partial charge in [0.25, 0.3) is 0 Å². The van der Waals surface area contributed by atoms with Gasteiger partial charge < -0.3 is 5.11 Å². The number of hydrogen-bond donors (Lipinski definition) is 1. The topological polar surface area (TPSA) is 20.2 Å². The first kappa shape index (κ1) is 10.4. The first-order valence-corrected chi connectivity index (χ1v) is 4.08. The van der Waals surface area contributed by atoms with E-state index in [0.29, 0.717) is 0 Å². The van der Waals surface area contributed by atoms with Crippen molar-refractivity contribution in [2.75, 3.05) is 0 Å². The molecule has 0 aliphatic heterocycles. The molecule has 0 saturated carbocycles. The van der Waals surface area contributed by atoms with Gasteiger partial charge in [0, 0.05) is 0 Å². The standard InChI is InChI=1S/C6H9Cl3O/c1-2-3-4-5(10)6(7,8)9/h4,10H,2-3H2,1H3. The molecule has 0 aliphatic carbocycles. The largest absolute Gasteiger partial charge is 0.508 e. The summed E-state index contributed by atoms with van der Waals surface area (Å²) in [5, 5.41) is 8.98. The van der Waals surface area contributed by atoms with Gasteiger partial charge in [0.2, 0.25) is 3.79 Å². The number of rotatable bonds is 2. The summed E-state index contributed by atoms with van der Waals surface area (Å²) in [7, 11) is 0. The average Bonchev–Trinajstić information content (AvgIpc) is 1.80. The molecule has 1 nitrogen and oxygen atoms in total. The van der Waals surface area contributed by atoms with Gasteiger partial charge in [0.05, 0.1) is 0 Å². The second kappa shape index (κ2) is 4.32. The van der Waals surface area contributed by atoms with Crippen LogP contribution < -0.4 is 0 Å². The molecular weight excluding hydrogens is 194 g/mol. The summed E-state index contributed by atoms with van der Waals surface area (Å²) in [6, 6.07) is 0. The highest BCUT2D eigenvalue weighted by molar-refractivity contribution is 6.69. The molecule has 0 bridgehead atoms. The zero-order valence-corrected chi connectivity index (χ0v) is 7.84. The third-order valence-electron chi connectivity index (χ3n) is 0.917. The van der Waals surface area contributed by atoms with Gasteiger partial charge in [-0.2, -0.15) is 0 Å². The number of allylic oxidation sites excluding steroid dienone is 2. The van der Waals surface area contributed by atoms with Crippen LogP contribution in [0.25, 0.3) is 0 Å². The highest BCUT2D eigenvalue weighted by Crippen LogP contribution is 2.32. The molecule has 0 aromatic carbocycles. The van der Waals surface area contributed by atoms with E-state index in [4.69, 9.17) is 39.9 Å². The number of aliphatic hydroxyl groups excluding tert-OH is 1. The first-order chi connectivity index (χ1) is 4.48. The summed E-state index contributed by atoms with van der Waals surface area (Å²) in [6.07, 6.45) is 3.15. The van der Waals surface area contributed by atoms with Crippen LogP contribution in [0.1, 0.15) is 19.8 Å². The maximum atomic E-state index is 8.98. The van der Waals surface area contributed by atoms with E-state index in [1.807, 2.05) is 6.92 Å². The van der Waals surface area contributed by atoms with E-state index in [-0.39, 0.29) is 5.76 Å². The maximum absolute atomic E-state index is 8.98. The van der Waals surface area contributed by atoms with Crippen LogP contribution in [-0.2, 0) is 0 Å². The summed E-state index contributed by atoms with van der Waals surface area (Å²) in [5.74, 6) is -0.195. The van der Waals surface area contributed by atoms with E-state index < -0.39 is 3.79 Å². The third-order valence-corrected chi connectivity index (χ3v) is 1.50. The molecule has 0 saturated heterocycles. The van der Waals surface area contributed by atoms with Crippen molar-refractivity contribution in [3.05, 3.63) is 11.8 Å². The second-order valence-corrected chi connectivity index (χ2v) is 4.16. The molecule has 60 valence electrons. The van der Waals surface area contributed by atoms with Crippen LogP contribution in [0.4, 0.5) is 0 Å². The van der Waals surface area contributed by atoms with Gasteiger partial charge in [0.15, 0.2) is 0 Å². The number of halogens is 3. The molecule has 1 N–H and O–H groups in total. The third kappa shape index (κ3) is 4.26. The van der Waals surface area contributed by atoms with E-state index >= 15 is 0 Å². The molecule has 0 fully saturated rings. The molecule has 0 spiro atoms. The van der Waals surface area contributed by atoms with E-state index in [0.717, 1.165) is 12.8 Å². The van der Waals surface area contributed by atoms with Crippen LogP contribution in [0, 0.1) is 0 Å². The second-order valence-electron chi connectivity index (χ2n) is 1.88. The molecular formula is C6H9Cl3O. The monoisotopic (exact) mass is 202 g/mol. The van der Waals surface area contributed by atoms with Crippen molar-refractivity contribution in [3.8, 4) is 0 Å². The lowest BCUT2D eigenvalue weighted by atomic mass is 10.3. The quantitative estimate of drug-likeness (QED) is 0.537. The number of alkyl halides is 3. The molecule has 0 amide bonds. The Labute approximate surface area is 75.6 Å². The van der Waals surface area contributed by atoms with Gasteiger partial charge in [-0.1, -0.05) is 48.1 Å². The van der Waals surface area contributed by atoms with Crippen molar-refractivity contribution in [1.29, 1.82) is 0 Å². The molecule has 0 atom stereocenters. The van der Waals surface area contributed by atoms with Gasteiger partial charge in [-0.05, 0) is 12.5 Å². The Kier molecular flexibility index (Phi) is 4.50. The van der Waals surface area contributed by atoms with Crippen LogP contribution in [0.3, 0.4) is 0 Å². The van der Waals surface area contributed by atoms with E-state index in [1.54, 1.807) is 0 Å². The van der Waals surface area contributed by atoms with Crippen LogP contribution in [0.15, 0.2) is 11.8 Å². The lowest BCUT2D eigenvalue weighted by molar-refractivity contribution is 0.399. The van der Waals surface area contributed by atoms with Gasteiger partial charge in [0.1, 0.15) is 5.76 Å². The lowest BCUT2D eigenvalue weighted by Gasteiger charge is -2.08. The molecule has 0 aromatic rings. The van der Waals surface area contributed by atoms with Crippen LogP contribution in [-0.4, -0.2) is 8.90 Å². The summed E-state index contributed by atoms with van der Waals surface area (Å²) < 4.78 is -1.66. The highest BCUT2D eigenvalue weighted by Gasteiger charge is 2.24. The van der Waals surface area contributed by atoms with E-state index in [9.17, 15) is 0 Å². The number of hydrogen-bond acceptors (Lipinski definition) is 1. The van der Waals surface area contributed by atoms with Crippen molar-refractivity contribution < 1.29 is 5.11 Å². The fraction of sp³-hybridized carbons (Fsp3) is 0.667. The van der Waals surface area contributed by atoms with Gasteiger partial charge in [-0.25, -0.2) is 0 Å². The molecule has 0 aliphatic rings. The van der Waals surface area contributed by atoms with Gasteiger partial charge in [-0.3, -0.25) is 0 Å². The van der Waals surface area contributed by atoms with Crippen molar-refractivity contribution in [2.24, 2.45) is 0 Å². The van der Waals surface area contributed by atoms with Gasteiger partial charge >= 0.3 is 0 Å². The Morgan fingerprint density at radius 2 is 2.00 bits per heavy atom. The van der Waals surface area contributed by atoms with Gasteiger partial charge in [-0.15, -0.1) is 0 Å². The van der Waals surface area contributed by atoms with Crippen molar-refractivity contribution >= 4 is 34.8 Å². The highest BCUT2D eigenvalue weighted by atomic mass is 35.6. The Bertz CT molecular complexity index is 125. The minimum atomic E-state index is -1.66. The Morgan fingerprint density at radius 3 is 2.30 bits per heavy atom. The smallest absolute Gasteiger partial charge is 0.246 e. The predicted molar refractivity (Wildman–Crippen MR) is 45.9 cm³/mol. The Balaban J connectivity index is 3.93. The van der Waals surface area contributed by atoms with Crippen LogP contribution in [0.5, 0.6) is 0 Å². The summed E-state index contributed by atoms with van der Waals surface area (Å²) >= 11 is 16.0. The molecule has 0 radical (unpaired) electrons. The minimum absolute atomic E-state index is 0.195. The molecule has 0 aromatic heterocycles. The Morgan fingerprint density at radius 1 is 1.50 bits per heavy atom. The average molecular weight is 203 g/mol. The summed E-state index contributed by atoms with van der Waals surface area (Å²) in [4.78, 5) is 0. The number of aliphatic hydroxyl groups is 1. The van der Waals surface area contributed by atoms with Crippen molar-refractivity contribution in [2.45, 2.75) is 23.6 Å². The molecule has 4 heteroatoms. The Hall–Kier alpha value is 0.410. The van der Waals surface area contributed by atoms with Crippen LogP contribution >= 0.6 is 34.8 Å². The number of unbranched alkanes of at least 4 members (excludes halogenated alkanes) is 1. The normalized spacial score (nSPS) is 13.8. The van der Waals surface area contributed by atoms with E-state index in [1.165, 1.54) is 6.08 Å². The molecule has 0 heterocycles. The fourth-order valence-corrected chi connectivity index (χ4v) is 0.628. The molecule has 10 heavy (non-hydrogen) atoms. The SMILES string of the molecule is CCCC=C(O)C(Cl)(Cl)Cl.